The van der Waals surface area contributed by atoms with Gasteiger partial charge in [-0.2, -0.15) is 0 Å². The summed E-state index contributed by atoms with van der Waals surface area (Å²) in [6.07, 6.45) is -7.21. The molecule has 10 nitrogen and oxygen atoms in total. The van der Waals surface area contributed by atoms with Gasteiger partial charge < -0.3 is 35.6 Å². The van der Waals surface area contributed by atoms with Crippen LogP contribution in [0.1, 0.15) is 11.1 Å². The molecule has 10 heteroatoms. The molecule has 2 aromatic carbocycles. The number of aliphatic hydroxyl groups is 3. The normalized spacial score (nSPS) is 27.4. The Labute approximate surface area is 176 Å². The Hall–Kier alpha value is -3.44. The minimum Gasteiger partial charge on any atom is -0.479 e. The second-order valence-electron chi connectivity index (χ2n) is 7.11. The first-order valence-corrected chi connectivity index (χ1v) is 9.38. The van der Waals surface area contributed by atoms with Crippen molar-refractivity contribution in [3.63, 3.8) is 0 Å². The molecule has 4 rings (SSSR count). The number of para-hydroxylation sites is 2. The fourth-order valence-electron chi connectivity index (χ4n) is 3.65. The van der Waals surface area contributed by atoms with Crippen molar-refractivity contribution in [2.45, 2.75) is 30.7 Å². The zero-order chi connectivity index (χ0) is 22.3. The number of fused-ring (bicyclic) bond motifs is 2. The van der Waals surface area contributed by atoms with Crippen molar-refractivity contribution in [3.8, 4) is 0 Å². The first-order chi connectivity index (χ1) is 14.8. The molecule has 2 aliphatic rings. The zero-order valence-corrected chi connectivity index (χ0v) is 16.0. The van der Waals surface area contributed by atoms with E-state index in [0.29, 0.717) is 22.5 Å². The summed E-state index contributed by atoms with van der Waals surface area (Å²) in [5.74, 6) is -1.38. The molecule has 5 atom stereocenters. The van der Waals surface area contributed by atoms with E-state index in [4.69, 9.17) is 15.2 Å². The Kier molecular flexibility index (Phi) is 5.38. The first-order valence-electron chi connectivity index (χ1n) is 9.38. The highest BCUT2D eigenvalue weighted by Crippen LogP contribution is 2.41. The highest BCUT2D eigenvalue weighted by molar-refractivity contribution is 6.06. The monoisotopic (exact) mass is 428 g/mol. The highest BCUT2D eigenvalue weighted by atomic mass is 16.7. The summed E-state index contributed by atoms with van der Waals surface area (Å²) in [6.45, 7) is 0. The van der Waals surface area contributed by atoms with Crippen molar-refractivity contribution >= 4 is 35.2 Å². The molecule has 1 fully saturated rings. The average Bonchev–Trinajstić information content (AvgIpc) is 2.88. The number of nitrogens with zero attached hydrogens (tertiary/aromatic N) is 1. The van der Waals surface area contributed by atoms with Gasteiger partial charge in [-0.05, 0) is 24.3 Å². The van der Waals surface area contributed by atoms with Crippen molar-refractivity contribution in [1.29, 1.82) is 0 Å². The van der Waals surface area contributed by atoms with Crippen LogP contribution in [0.5, 0.6) is 0 Å². The molecule has 2 aromatic rings. The molecule has 2 amide bonds. The SMILES string of the molecule is NC(=O)N1c2ccccc2C=C(OC2O[C@@H](C(=O)O)[C@H](O)[C@@H](O)[C@@H]2O)c2ccccc21. The van der Waals surface area contributed by atoms with E-state index >= 15 is 0 Å². The molecular weight excluding hydrogens is 408 g/mol. The Morgan fingerprint density at radius 2 is 1.58 bits per heavy atom. The molecule has 2 heterocycles. The third-order valence-electron chi connectivity index (χ3n) is 5.15. The van der Waals surface area contributed by atoms with Crippen molar-refractivity contribution in [2.24, 2.45) is 5.73 Å². The number of primary amides is 1. The van der Waals surface area contributed by atoms with E-state index < -0.39 is 42.7 Å². The number of hydrogen-bond acceptors (Lipinski definition) is 7. The maximum absolute atomic E-state index is 12.3. The zero-order valence-electron chi connectivity index (χ0n) is 16.0. The summed E-state index contributed by atoms with van der Waals surface area (Å²) in [6, 6.07) is 12.9. The van der Waals surface area contributed by atoms with E-state index in [2.05, 4.69) is 0 Å². The van der Waals surface area contributed by atoms with E-state index in [9.17, 15) is 30.0 Å². The lowest BCUT2D eigenvalue weighted by atomic mass is 9.99. The van der Waals surface area contributed by atoms with Gasteiger partial charge in [-0.3, -0.25) is 4.90 Å². The maximum Gasteiger partial charge on any atom is 0.335 e. The number of rotatable bonds is 3. The van der Waals surface area contributed by atoms with Crippen LogP contribution in [0.15, 0.2) is 48.5 Å². The quantitative estimate of drug-likeness (QED) is 0.475. The van der Waals surface area contributed by atoms with Gasteiger partial charge >= 0.3 is 12.0 Å². The number of carbonyl (C=O) groups is 2. The number of aliphatic carboxylic acids is 1. The number of hydrogen-bond donors (Lipinski definition) is 5. The van der Waals surface area contributed by atoms with Crippen molar-refractivity contribution < 1.29 is 39.5 Å². The first kappa shape index (κ1) is 20.8. The molecule has 0 spiro atoms. The largest absolute Gasteiger partial charge is 0.479 e. The summed E-state index contributed by atoms with van der Waals surface area (Å²) in [4.78, 5) is 25.0. The molecule has 31 heavy (non-hydrogen) atoms. The van der Waals surface area contributed by atoms with Crippen LogP contribution < -0.4 is 10.6 Å². The van der Waals surface area contributed by atoms with Gasteiger partial charge in [-0.1, -0.05) is 30.3 Å². The van der Waals surface area contributed by atoms with Crippen molar-refractivity contribution in [2.75, 3.05) is 4.90 Å². The predicted molar refractivity (Wildman–Crippen MR) is 108 cm³/mol. The Morgan fingerprint density at radius 1 is 0.935 bits per heavy atom. The highest BCUT2D eigenvalue weighted by Gasteiger charge is 2.48. The van der Waals surface area contributed by atoms with Crippen molar-refractivity contribution in [3.05, 3.63) is 59.7 Å². The van der Waals surface area contributed by atoms with Crippen LogP contribution in [0.2, 0.25) is 0 Å². The summed E-state index contributed by atoms with van der Waals surface area (Å²) >= 11 is 0. The number of carboxylic acids is 1. The Balaban J connectivity index is 1.79. The van der Waals surface area contributed by atoms with Gasteiger partial charge in [0.05, 0.1) is 11.4 Å². The van der Waals surface area contributed by atoms with Gasteiger partial charge in [0.15, 0.2) is 6.10 Å². The number of nitrogens with two attached hydrogens (primary N) is 1. The summed E-state index contributed by atoms with van der Waals surface area (Å²) < 4.78 is 11.0. The molecule has 0 bridgehead atoms. The van der Waals surface area contributed by atoms with E-state index in [1.54, 1.807) is 54.6 Å². The molecule has 0 aliphatic carbocycles. The fraction of sp³-hybridized carbons (Fsp3) is 0.238. The van der Waals surface area contributed by atoms with Gasteiger partial charge in [-0.25, -0.2) is 9.59 Å². The van der Waals surface area contributed by atoms with Gasteiger partial charge in [0.25, 0.3) is 0 Å². The van der Waals surface area contributed by atoms with Gasteiger partial charge in [0.1, 0.15) is 24.1 Å². The minimum absolute atomic E-state index is 0.142. The van der Waals surface area contributed by atoms with E-state index in [-0.39, 0.29) is 5.76 Å². The number of aliphatic hydroxyl groups excluding tert-OH is 3. The van der Waals surface area contributed by atoms with Crippen molar-refractivity contribution in [1.82, 2.24) is 0 Å². The summed E-state index contributed by atoms with van der Waals surface area (Å²) in [5, 5.41) is 39.5. The molecule has 1 saturated heterocycles. The maximum atomic E-state index is 12.3. The molecule has 162 valence electrons. The molecule has 6 N–H and O–H groups in total. The van der Waals surface area contributed by atoms with Gasteiger partial charge in [0.2, 0.25) is 6.29 Å². The number of amides is 2. The molecule has 0 radical (unpaired) electrons. The molecule has 0 saturated carbocycles. The van der Waals surface area contributed by atoms with Crippen LogP contribution >= 0.6 is 0 Å². The van der Waals surface area contributed by atoms with Crippen LogP contribution in [0.4, 0.5) is 16.2 Å². The van der Waals surface area contributed by atoms with E-state index in [1.807, 2.05) is 0 Å². The Bertz CT molecular complexity index is 1060. The third kappa shape index (κ3) is 3.62. The van der Waals surface area contributed by atoms with E-state index in [0.717, 1.165) is 0 Å². The molecule has 2 aliphatic heterocycles. The van der Waals surface area contributed by atoms with Crippen LogP contribution in [-0.4, -0.2) is 63.1 Å². The molecular formula is C21H20N2O8. The topological polar surface area (TPSA) is 163 Å². The standard InChI is InChI=1S/C21H20N2O8/c22-21(29)23-12-7-3-1-5-10(12)9-14(11-6-2-4-8-13(11)23)30-20-17(26)15(24)16(25)18(31-20)19(27)28/h1-9,15-18,20,24-26H,(H2,22,29)(H,27,28)/t15-,16-,17+,18-,20?/m1/s1. The predicted octanol–water partition coefficient (Wildman–Crippen LogP) is 0.624. The number of benzene rings is 2. The summed E-state index contributed by atoms with van der Waals surface area (Å²) in [7, 11) is 0. The smallest absolute Gasteiger partial charge is 0.335 e. The lowest BCUT2D eigenvalue weighted by molar-refractivity contribution is -0.277. The number of carboxylic acid groups (broad SMARTS) is 1. The van der Waals surface area contributed by atoms with E-state index in [1.165, 1.54) is 4.90 Å². The number of anilines is 2. The fourth-order valence-corrected chi connectivity index (χ4v) is 3.65. The number of urea groups is 1. The lowest BCUT2D eigenvalue weighted by Gasteiger charge is -2.38. The minimum atomic E-state index is -1.84. The van der Waals surface area contributed by atoms with Crippen LogP contribution in [0, 0.1) is 0 Å². The second kappa shape index (κ2) is 8.00. The van der Waals surface area contributed by atoms with Gasteiger partial charge in [0, 0.05) is 11.1 Å². The Morgan fingerprint density at radius 3 is 2.26 bits per heavy atom. The molecule has 0 aromatic heterocycles. The molecule has 1 unspecified atom stereocenters. The average molecular weight is 428 g/mol. The number of carbonyl (C=O) groups excluding carboxylic acids is 1. The second-order valence-corrected chi connectivity index (χ2v) is 7.11. The van der Waals surface area contributed by atoms with Gasteiger partial charge in [-0.15, -0.1) is 0 Å². The van der Waals surface area contributed by atoms with Crippen LogP contribution in [-0.2, 0) is 14.3 Å². The van der Waals surface area contributed by atoms with Crippen LogP contribution in [0.3, 0.4) is 0 Å². The lowest BCUT2D eigenvalue weighted by Crippen LogP contribution is -2.60. The number of ether oxygens (including phenoxy) is 2. The van der Waals surface area contributed by atoms with Crippen LogP contribution in [0.25, 0.3) is 11.8 Å². The third-order valence-corrected chi connectivity index (χ3v) is 5.15. The summed E-state index contributed by atoms with van der Waals surface area (Å²) in [5.41, 5.74) is 7.50.